The molecule has 0 saturated carbocycles. The summed E-state index contributed by atoms with van der Waals surface area (Å²) < 4.78 is 5.68. The summed E-state index contributed by atoms with van der Waals surface area (Å²) in [6.07, 6.45) is 0. The van der Waals surface area contributed by atoms with Crippen molar-refractivity contribution >= 4 is 17.5 Å². The standard InChI is InChI=1S/C29H39N3O5/c1-8-37-24-13-18-15-32(26(30)19(18)14-20(24)27(36)31-9-10-33)16-23(34)17-11-21(28(2,3)4)25(35)22(12-17)29(5,6)7/h11-14,30,33,35H,8-10,15-16H2,1-7H3,(H,31,36). The predicted molar refractivity (Wildman–Crippen MR) is 144 cm³/mol. The SMILES string of the molecule is CCOc1cc2c(cc1C(=O)NCCO)C(=N)N(CC(=O)c1cc(C(C)(C)C)c(O)c(C(C)(C)C)c1)C2. The number of benzene rings is 2. The topological polar surface area (TPSA) is 123 Å². The Bertz CT molecular complexity index is 1190. The van der Waals surface area contributed by atoms with Gasteiger partial charge in [-0.1, -0.05) is 41.5 Å². The molecule has 1 heterocycles. The highest BCUT2D eigenvalue weighted by Gasteiger charge is 2.31. The van der Waals surface area contributed by atoms with Crippen LogP contribution in [0.25, 0.3) is 0 Å². The number of ketones is 1. The normalized spacial score (nSPS) is 13.5. The minimum absolute atomic E-state index is 0.0124. The number of phenolic OH excluding ortho intramolecular Hbond substituents is 1. The number of carbonyl (C=O) groups is 2. The molecule has 2 aromatic rings. The molecule has 8 nitrogen and oxygen atoms in total. The molecule has 37 heavy (non-hydrogen) atoms. The van der Waals surface area contributed by atoms with Gasteiger partial charge in [-0.2, -0.15) is 0 Å². The molecule has 0 saturated heterocycles. The molecule has 3 rings (SSSR count). The predicted octanol–water partition coefficient (Wildman–Crippen LogP) is 4.13. The van der Waals surface area contributed by atoms with Gasteiger partial charge < -0.3 is 25.2 Å². The number of aliphatic hydroxyl groups is 1. The number of carbonyl (C=O) groups excluding carboxylic acids is 2. The smallest absolute Gasteiger partial charge is 0.255 e. The first-order valence-corrected chi connectivity index (χ1v) is 12.6. The summed E-state index contributed by atoms with van der Waals surface area (Å²) in [5.41, 5.74) is 2.86. The summed E-state index contributed by atoms with van der Waals surface area (Å²) in [6.45, 7) is 14.4. The van der Waals surface area contributed by atoms with Gasteiger partial charge in [0.25, 0.3) is 5.91 Å². The summed E-state index contributed by atoms with van der Waals surface area (Å²) in [4.78, 5) is 27.8. The van der Waals surface area contributed by atoms with E-state index < -0.39 is 5.91 Å². The number of amides is 1. The van der Waals surface area contributed by atoms with Gasteiger partial charge in [0.2, 0.25) is 0 Å². The van der Waals surface area contributed by atoms with E-state index in [2.05, 4.69) is 5.32 Å². The molecule has 8 heteroatoms. The average molecular weight is 510 g/mol. The van der Waals surface area contributed by atoms with Crippen molar-refractivity contribution in [2.75, 3.05) is 26.3 Å². The van der Waals surface area contributed by atoms with Gasteiger partial charge >= 0.3 is 0 Å². The molecule has 200 valence electrons. The Labute approximate surface area is 219 Å². The number of Topliss-reactive ketones (excluding diaryl/α,β-unsaturated/α-hetero) is 1. The number of fused-ring (bicyclic) bond motifs is 1. The van der Waals surface area contributed by atoms with Crippen LogP contribution in [0.4, 0.5) is 0 Å². The maximum Gasteiger partial charge on any atom is 0.255 e. The third kappa shape index (κ3) is 5.96. The number of hydrogen-bond donors (Lipinski definition) is 4. The Kier molecular flexibility index (Phi) is 8.03. The first kappa shape index (κ1) is 28.2. The molecule has 0 unspecified atom stereocenters. The van der Waals surface area contributed by atoms with Gasteiger partial charge in [0.05, 0.1) is 25.3 Å². The summed E-state index contributed by atoms with van der Waals surface area (Å²) in [5.74, 6) is 0.235. The highest BCUT2D eigenvalue weighted by atomic mass is 16.5. The van der Waals surface area contributed by atoms with Gasteiger partial charge in [-0.15, -0.1) is 0 Å². The molecule has 0 aromatic heterocycles. The number of aliphatic hydroxyl groups excluding tert-OH is 1. The van der Waals surface area contributed by atoms with Gasteiger partial charge in [0, 0.05) is 35.3 Å². The molecule has 4 N–H and O–H groups in total. The Morgan fingerprint density at radius 1 is 1.05 bits per heavy atom. The van der Waals surface area contributed by atoms with Crippen LogP contribution in [-0.4, -0.2) is 58.9 Å². The molecule has 0 radical (unpaired) electrons. The monoisotopic (exact) mass is 509 g/mol. The fourth-order valence-corrected chi connectivity index (χ4v) is 4.48. The van der Waals surface area contributed by atoms with Crippen molar-refractivity contribution in [1.82, 2.24) is 10.2 Å². The highest BCUT2D eigenvalue weighted by molar-refractivity contribution is 6.07. The minimum Gasteiger partial charge on any atom is -0.507 e. The van der Waals surface area contributed by atoms with Crippen molar-refractivity contribution in [3.63, 3.8) is 0 Å². The third-order valence-corrected chi connectivity index (χ3v) is 6.46. The van der Waals surface area contributed by atoms with E-state index in [0.29, 0.717) is 41.2 Å². The molecule has 0 spiro atoms. The number of aromatic hydroxyl groups is 1. The van der Waals surface area contributed by atoms with Gasteiger partial charge in [0.1, 0.15) is 17.3 Å². The number of nitrogens with zero attached hydrogens (tertiary/aromatic N) is 1. The molecule has 0 fully saturated rings. The van der Waals surface area contributed by atoms with Crippen LogP contribution in [0.2, 0.25) is 0 Å². The second kappa shape index (κ2) is 10.5. The van der Waals surface area contributed by atoms with Crippen molar-refractivity contribution in [3.8, 4) is 11.5 Å². The number of phenols is 1. The average Bonchev–Trinajstić information content (AvgIpc) is 3.09. The lowest BCUT2D eigenvalue weighted by Crippen LogP contribution is -2.31. The molecule has 0 bridgehead atoms. The van der Waals surface area contributed by atoms with Crippen LogP contribution in [0.15, 0.2) is 24.3 Å². The number of ether oxygens (including phenoxy) is 1. The fraction of sp³-hybridized carbons (Fsp3) is 0.483. The molecular weight excluding hydrogens is 470 g/mol. The molecular formula is C29H39N3O5. The van der Waals surface area contributed by atoms with Crippen molar-refractivity contribution in [2.45, 2.75) is 65.8 Å². The van der Waals surface area contributed by atoms with Crippen LogP contribution in [-0.2, 0) is 17.4 Å². The third-order valence-electron chi connectivity index (χ3n) is 6.46. The zero-order valence-corrected chi connectivity index (χ0v) is 22.9. The van der Waals surface area contributed by atoms with Crippen molar-refractivity contribution in [3.05, 3.63) is 57.6 Å². The van der Waals surface area contributed by atoms with Crippen LogP contribution in [0, 0.1) is 5.41 Å². The van der Waals surface area contributed by atoms with E-state index in [1.807, 2.05) is 48.5 Å². The van der Waals surface area contributed by atoms with Gasteiger partial charge in [-0.3, -0.25) is 15.0 Å². The Morgan fingerprint density at radius 2 is 1.65 bits per heavy atom. The molecule has 0 atom stereocenters. The number of nitrogens with one attached hydrogen (secondary N) is 2. The molecule has 2 aromatic carbocycles. The van der Waals surface area contributed by atoms with Crippen molar-refractivity contribution < 1.29 is 24.5 Å². The largest absolute Gasteiger partial charge is 0.507 e. The van der Waals surface area contributed by atoms with Gasteiger partial charge in [-0.05, 0) is 47.6 Å². The summed E-state index contributed by atoms with van der Waals surface area (Å²) in [6, 6.07) is 6.89. The molecule has 0 aliphatic carbocycles. The highest BCUT2D eigenvalue weighted by Crippen LogP contribution is 2.40. The quantitative estimate of drug-likeness (QED) is 0.397. The maximum absolute atomic E-state index is 13.5. The lowest BCUT2D eigenvalue weighted by molar-refractivity contribution is 0.0938. The lowest BCUT2D eigenvalue weighted by Gasteiger charge is -2.28. The molecule has 1 amide bonds. The van der Waals surface area contributed by atoms with E-state index in [1.54, 1.807) is 29.2 Å². The first-order valence-electron chi connectivity index (χ1n) is 12.6. The first-order chi connectivity index (χ1) is 17.2. The van der Waals surface area contributed by atoms with Gasteiger partial charge in [0.15, 0.2) is 5.78 Å². The van der Waals surface area contributed by atoms with Gasteiger partial charge in [-0.25, -0.2) is 0 Å². The van der Waals surface area contributed by atoms with Crippen molar-refractivity contribution in [2.24, 2.45) is 0 Å². The van der Waals surface area contributed by atoms with E-state index in [0.717, 1.165) is 5.56 Å². The Balaban J connectivity index is 1.93. The number of rotatable bonds is 8. The van der Waals surface area contributed by atoms with Crippen LogP contribution >= 0.6 is 0 Å². The fourth-order valence-electron chi connectivity index (χ4n) is 4.48. The van der Waals surface area contributed by atoms with Crippen LogP contribution in [0.1, 0.15) is 91.4 Å². The van der Waals surface area contributed by atoms with Crippen molar-refractivity contribution in [1.29, 1.82) is 5.41 Å². The van der Waals surface area contributed by atoms with Crippen LogP contribution < -0.4 is 10.1 Å². The second-order valence-corrected chi connectivity index (χ2v) is 11.5. The second-order valence-electron chi connectivity index (χ2n) is 11.5. The Morgan fingerprint density at radius 3 is 2.16 bits per heavy atom. The molecule has 1 aliphatic heterocycles. The number of amidine groups is 1. The van der Waals surface area contributed by atoms with E-state index in [4.69, 9.17) is 15.3 Å². The van der Waals surface area contributed by atoms with Crippen LogP contribution in [0.3, 0.4) is 0 Å². The molecule has 1 aliphatic rings. The van der Waals surface area contributed by atoms with Crippen LogP contribution in [0.5, 0.6) is 11.5 Å². The summed E-state index contributed by atoms with van der Waals surface area (Å²) >= 11 is 0. The van der Waals surface area contributed by atoms with E-state index in [9.17, 15) is 14.7 Å². The zero-order chi connectivity index (χ0) is 27.7. The van der Waals surface area contributed by atoms with E-state index in [-0.39, 0.29) is 53.5 Å². The summed E-state index contributed by atoms with van der Waals surface area (Å²) in [5, 5.41) is 31.4. The zero-order valence-electron chi connectivity index (χ0n) is 22.9. The minimum atomic E-state index is -0.392. The summed E-state index contributed by atoms with van der Waals surface area (Å²) in [7, 11) is 0. The van der Waals surface area contributed by atoms with E-state index >= 15 is 0 Å². The lowest BCUT2D eigenvalue weighted by atomic mass is 9.78. The number of hydrogen-bond acceptors (Lipinski definition) is 6. The Hall–Kier alpha value is -3.39. The van der Waals surface area contributed by atoms with E-state index in [1.165, 1.54) is 0 Å². The maximum atomic E-state index is 13.5.